The van der Waals surface area contributed by atoms with Gasteiger partial charge >= 0.3 is 0 Å². The number of ketones is 1. The van der Waals surface area contributed by atoms with Crippen LogP contribution in [-0.2, 0) is 23.1 Å². The lowest BCUT2D eigenvalue weighted by molar-refractivity contribution is -0.125. The Balaban J connectivity index is 1.59. The van der Waals surface area contributed by atoms with Crippen molar-refractivity contribution in [1.29, 1.82) is 0 Å². The molecule has 6 nitrogen and oxygen atoms in total. The van der Waals surface area contributed by atoms with E-state index in [0.717, 1.165) is 37.7 Å². The van der Waals surface area contributed by atoms with Crippen molar-refractivity contribution in [2.24, 2.45) is 5.16 Å². The van der Waals surface area contributed by atoms with Crippen LogP contribution >= 0.6 is 15.9 Å². The van der Waals surface area contributed by atoms with E-state index in [9.17, 15) is 14.4 Å². The van der Waals surface area contributed by atoms with Gasteiger partial charge in [-0.15, -0.1) is 0 Å². The molecule has 1 fully saturated rings. The van der Waals surface area contributed by atoms with Gasteiger partial charge in [0.25, 0.3) is 0 Å². The first kappa shape index (κ1) is 22.3. The smallest absolute Gasteiger partial charge is 0.156 e. The van der Waals surface area contributed by atoms with Crippen molar-refractivity contribution >= 4 is 27.4 Å². The molecule has 2 aromatic carbocycles. The zero-order valence-electron chi connectivity index (χ0n) is 17.4. The molecule has 1 aliphatic rings. The average Bonchev–Trinajstić information content (AvgIpc) is 3.28. The van der Waals surface area contributed by atoms with Crippen LogP contribution in [-0.4, -0.2) is 27.0 Å². The summed E-state index contributed by atoms with van der Waals surface area (Å²) >= 11 is 3.16. The van der Waals surface area contributed by atoms with Gasteiger partial charge in [-0.1, -0.05) is 66.0 Å². The summed E-state index contributed by atoms with van der Waals surface area (Å²) in [5, 5.41) is 20.8. The normalized spacial score (nSPS) is 16.1. The largest absolute Gasteiger partial charge is 0.411 e. The Bertz CT molecular complexity index is 1120. The lowest BCUT2D eigenvalue weighted by atomic mass is 9.66. The minimum absolute atomic E-state index is 0.0276. The number of Topliss-reactive ketones (excluding diaryl/α,β-unsaturated/α-hetero) is 1. The van der Waals surface area contributed by atoms with Crippen LogP contribution in [0.15, 0.2) is 62.8 Å². The molecule has 8 heteroatoms. The van der Waals surface area contributed by atoms with Crippen LogP contribution in [0.3, 0.4) is 0 Å². The highest BCUT2D eigenvalue weighted by atomic mass is 79.9. The lowest BCUT2D eigenvalue weighted by Crippen LogP contribution is -2.39. The molecule has 1 heterocycles. The summed E-state index contributed by atoms with van der Waals surface area (Å²) in [5.74, 6) is -0.327. The summed E-state index contributed by atoms with van der Waals surface area (Å²) in [6.45, 7) is 0. The first-order chi connectivity index (χ1) is 15.5. The summed E-state index contributed by atoms with van der Waals surface area (Å²) in [6.07, 6.45) is 4.89. The van der Waals surface area contributed by atoms with E-state index in [4.69, 9.17) is 4.63 Å². The highest BCUT2D eigenvalue weighted by molar-refractivity contribution is 9.10. The molecular formula is C24H23BrFN3O3. The molecule has 1 aromatic heterocycles. The van der Waals surface area contributed by atoms with E-state index >= 15 is 0 Å². The van der Waals surface area contributed by atoms with Crippen LogP contribution in [0.2, 0.25) is 0 Å². The van der Waals surface area contributed by atoms with E-state index in [2.05, 4.69) is 31.4 Å². The van der Waals surface area contributed by atoms with Gasteiger partial charge in [0.15, 0.2) is 5.69 Å². The highest BCUT2D eigenvalue weighted by Crippen LogP contribution is 2.41. The van der Waals surface area contributed by atoms with Gasteiger partial charge < -0.3 is 5.21 Å². The predicted molar refractivity (Wildman–Crippen MR) is 120 cm³/mol. The maximum atomic E-state index is 13.6. The van der Waals surface area contributed by atoms with Gasteiger partial charge in [0, 0.05) is 6.42 Å². The number of aromatic nitrogens is 2. The summed E-state index contributed by atoms with van der Waals surface area (Å²) in [5.41, 5.74) is 1.94. The molecule has 0 bridgehead atoms. The van der Waals surface area contributed by atoms with Crippen LogP contribution in [0, 0.1) is 5.82 Å². The zero-order valence-corrected chi connectivity index (χ0v) is 19.0. The molecule has 3 aromatic rings. The SMILES string of the molecule is O=C(Cc1nonc1/C(Cc1ccc(F)c(Br)c1)=N/O)C1(c2ccccc2)CCCCC1. The summed E-state index contributed by atoms with van der Waals surface area (Å²) in [4.78, 5) is 13.6. The third-order valence-corrected chi connectivity index (χ3v) is 6.81. The molecule has 1 N–H and O–H groups in total. The second-order valence-corrected chi connectivity index (χ2v) is 8.99. The monoisotopic (exact) mass is 499 g/mol. The molecule has 0 atom stereocenters. The number of oxime groups is 1. The Hall–Kier alpha value is -2.87. The second kappa shape index (κ2) is 9.73. The first-order valence-electron chi connectivity index (χ1n) is 10.6. The number of benzene rings is 2. The average molecular weight is 500 g/mol. The Labute approximate surface area is 193 Å². The van der Waals surface area contributed by atoms with Crippen molar-refractivity contribution in [2.75, 3.05) is 0 Å². The molecule has 0 aliphatic heterocycles. The Morgan fingerprint density at radius 3 is 2.53 bits per heavy atom. The molecule has 0 radical (unpaired) electrons. The zero-order chi connectivity index (χ0) is 22.6. The number of carbonyl (C=O) groups excluding carboxylic acids is 1. The molecular weight excluding hydrogens is 477 g/mol. The lowest BCUT2D eigenvalue weighted by Gasteiger charge is -2.36. The van der Waals surface area contributed by atoms with E-state index in [1.165, 1.54) is 6.07 Å². The molecule has 1 aliphatic carbocycles. The van der Waals surface area contributed by atoms with Crippen molar-refractivity contribution in [2.45, 2.75) is 50.4 Å². The van der Waals surface area contributed by atoms with Crippen LogP contribution in [0.25, 0.3) is 0 Å². The van der Waals surface area contributed by atoms with Crippen LogP contribution in [0.4, 0.5) is 4.39 Å². The molecule has 32 heavy (non-hydrogen) atoms. The van der Waals surface area contributed by atoms with Crippen molar-refractivity contribution in [1.82, 2.24) is 10.3 Å². The highest BCUT2D eigenvalue weighted by Gasteiger charge is 2.41. The molecule has 0 spiro atoms. The fourth-order valence-corrected chi connectivity index (χ4v) is 4.94. The molecule has 0 saturated heterocycles. The van der Waals surface area contributed by atoms with Gasteiger partial charge in [-0.2, -0.15) is 0 Å². The molecule has 166 valence electrons. The summed E-state index contributed by atoms with van der Waals surface area (Å²) in [6, 6.07) is 14.4. The Kier molecular flexibility index (Phi) is 6.79. The molecule has 0 amide bonds. The van der Waals surface area contributed by atoms with E-state index in [1.54, 1.807) is 12.1 Å². The number of hydrogen-bond acceptors (Lipinski definition) is 6. The third-order valence-electron chi connectivity index (χ3n) is 6.20. The standard InChI is InChI=1S/C24H23BrFN3O3/c25-18-13-16(9-10-19(18)26)14-20(27-31)23-21(28-32-29-23)15-22(30)24(11-5-2-6-12-24)17-7-3-1-4-8-17/h1,3-4,7-10,13,31H,2,5-6,11-12,14-15H2/b27-20+. The number of nitrogens with zero attached hydrogens (tertiary/aromatic N) is 3. The van der Waals surface area contributed by atoms with Crippen molar-refractivity contribution in [3.8, 4) is 0 Å². The minimum atomic E-state index is -0.561. The fourth-order valence-electron chi connectivity index (χ4n) is 4.51. The number of rotatable bonds is 7. The minimum Gasteiger partial charge on any atom is -0.411 e. The third kappa shape index (κ3) is 4.50. The second-order valence-electron chi connectivity index (χ2n) is 8.14. The van der Waals surface area contributed by atoms with E-state index < -0.39 is 5.41 Å². The maximum Gasteiger partial charge on any atom is 0.156 e. The molecule has 1 saturated carbocycles. The molecule has 4 rings (SSSR count). The van der Waals surface area contributed by atoms with Gasteiger partial charge in [0.1, 0.15) is 23.0 Å². The van der Waals surface area contributed by atoms with Crippen LogP contribution < -0.4 is 0 Å². The maximum absolute atomic E-state index is 13.6. The van der Waals surface area contributed by atoms with Crippen LogP contribution in [0.1, 0.15) is 54.6 Å². The predicted octanol–water partition coefficient (Wildman–Crippen LogP) is 5.41. The van der Waals surface area contributed by atoms with Crippen molar-refractivity contribution in [3.63, 3.8) is 0 Å². The Morgan fingerprint density at radius 2 is 1.84 bits per heavy atom. The van der Waals surface area contributed by atoms with Crippen molar-refractivity contribution < 1.29 is 19.0 Å². The number of halogens is 2. The summed E-state index contributed by atoms with van der Waals surface area (Å²) < 4.78 is 18.8. The molecule has 0 unspecified atom stereocenters. The van der Waals surface area contributed by atoms with Crippen LogP contribution in [0.5, 0.6) is 0 Å². The first-order valence-corrected chi connectivity index (χ1v) is 11.4. The van der Waals surface area contributed by atoms with Gasteiger partial charge in [-0.05, 0) is 57.2 Å². The Morgan fingerprint density at radius 1 is 1.09 bits per heavy atom. The van der Waals surface area contributed by atoms with Gasteiger partial charge in [-0.3, -0.25) is 4.79 Å². The fraction of sp³-hybridized carbons (Fsp3) is 0.333. The number of hydrogen-bond donors (Lipinski definition) is 1. The van der Waals surface area contributed by atoms with Crippen molar-refractivity contribution in [3.05, 3.63) is 81.3 Å². The summed E-state index contributed by atoms with van der Waals surface area (Å²) in [7, 11) is 0. The van der Waals surface area contributed by atoms with E-state index in [-0.39, 0.29) is 35.8 Å². The van der Waals surface area contributed by atoms with Gasteiger partial charge in [-0.25, -0.2) is 9.02 Å². The van der Waals surface area contributed by atoms with Gasteiger partial charge in [0.05, 0.1) is 16.3 Å². The van der Waals surface area contributed by atoms with E-state index in [1.807, 2.05) is 30.3 Å². The quantitative estimate of drug-likeness (QED) is 0.267. The number of carbonyl (C=O) groups is 1. The van der Waals surface area contributed by atoms with E-state index in [0.29, 0.717) is 15.7 Å². The van der Waals surface area contributed by atoms with Gasteiger partial charge in [0.2, 0.25) is 0 Å². The topological polar surface area (TPSA) is 88.6 Å².